The maximum Gasteiger partial charge on any atom is 0.339 e. The predicted octanol–water partition coefficient (Wildman–Crippen LogP) is 2.49. The van der Waals surface area contributed by atoms with Crippen molar-refractivity contribution in [3.8, 4) is 0 Å². The Morgan fingerprint density at radius 3 is 2.78 bits per heavy atom. The Bertz CT molecular complexity index is 416. The Kier molecular flexibility index (Phi) is 3.84. The fourth-order valence-corrected chi connectivity index (χ4v) is 2.51. The number of carbonyl (C=O) groups excluding carboxylic acids is 1. The van der Waals surface area contributed by atoms with Gasteiger partial charge in [-0.05, 0) is 38.3 Å². The van der Waals surface area contributed by atoms with Gasteiger partial charge in [0, 0.05) is 18.8 Å². The van der Waals surface area contributed by atoms with E-state index in [0.717, 1.165) is 12.4 Å². The van der Waals surface area contributed by atoms with Gasteiger partial charge in [0.1, 0.15) is 5.82 Å². The highest BCUT2D eigenvalue weighted by atomic mass is 16.5. The lowest BCUT2D eigenvalue weighted by molar-refractivity contribution is 0.0526. The molecule has 1 saturated heterocycles. The molecule has 1 aliphatic rings. The summed E-state index contributed by atoms with van der Waals surface area (Å²) in [5.74, 6) is 1.34. The first-order valence-electron chi connectivity index (χ1n) is 6.51. The molecule has 1 aromatic heterocycles. The summed E-state index contributed by atoms with van der Waals surface area (Å²) in [5, 5.41) is 0. The minimum Gasteiger partial charge on any atom is -0.462 e. The quantitative estimate of drug-likeness (QED) is 0.771. The van der Waals surface area contributed by atoms with Gasteiger partial charge >= 0.3 is 5.97 Å². The molecule has 1 fully saturated rings. The molecule has 0 saturated carbocycles. The number of hydrogen-bond acceptors (Lipinski definition) is 4. The second-order valence-electron chi connectivity index (χ2n) is 4.97. The summed E-state index contributed by atoms with van der Waals surface area (Å²) in [6.07, 6.45) is 2.80. The number of pyridine rings is 1. The molecule has 0 N–H and O–H groups in total. The van der Waals surface area contributed by atoms with Gasteiger partial charge in [-0.25, -0.2) is 9.78 Å². The summed E-state index contributed by atoms with van der Waals surface area (Å²) in [5.41, 5.74) is 0.514. The molecule has 0 radical (unpaired) electrons. The van der Waals surface area contributed by atoms with Crippen molar-refractivity contribution < 1.29 is 9.53 Å². The van der Waals surface area contributed by atoms with Gasteiger partial charge < -0.3 is 9.64 Å². The number of ether oxygens (including phenoxy) is 1. The summed E-state index contributed by atoms with van der Waals surface area (Å²) in [7, 11) is 0. The molecule has 98 valence electrons. The Hall–Kier alpha value is -1.58. The third kappa shape index (κ3) is 2.63. The Labute approximate surface area is 108 Å². The van der Waals surface area contributed by atoms with Crippen LogP contribution in [-0.4, -0.2) is 30.1 Å². The number of esters is 1. The first-order chi connectivity index (χ1) is 8.61. The number of rotatable bonds is 3. The summed E-state index contributed by atoms with van der Waals surface area (Å²) in [6.45, 7) is 7.69. The summed E-state index contributed by atoms with van der Waals surface area (Å²) in [6, 6.07) is 4.21. The van der Waals surface area contributed by atoms with E-state index in [1.54, 1.807) is 19.2 Å². The van der Waals surface area contributed by atoms with Crippen molar-refractivity contribution in [3.63, 3.8) is 0 Å². The van der Waals surface area contributed by atoms with Crippen LogP contribution in [0.25, 0.3) is 0 Å². The Morgan fingerprint density at radius 1 is 1.50 bits per heavy atom. The number of nitrogens with zero attached hydrogens (tertiary/aromatic N) is 2. The minimum atomic E-state index is -0.306. The van der Waals surface area contributed by atoms with Crippen LogP contribution < -0.4 is 4.90 Å². The molecule has 0 aliphatic carbocycles. The van der Waals surface area contributed by atoms with Crippen molar-refractivity contribution >= 4 is 11.8 Å². The van der Waals surface area contributed by atoms with Gasteiger partial charge in [-0.3, -0.25) is 0 Å². The van der Waals surface area contributed by atoms with Crippen molar-refractivity contribution in [2.75, 3.05) is 18.1 Å². The molecule has 1 aliphatic heterocycles. The third-order valence-corrected chi connectivity index (χ3v) is 3.34. The highest BCUT2D eigenvalue weighted by Gasteiger charge is 2.26. The Morgan fingerprint density at radius 2 is 2.28 bits per heavy atom. The lowest BCUT2D eigenvalue weighted by Crippen LogP contribution is -2.27. The van der Waals surface area contributed by atoms with E-state index in [9.17, 15) is 4.79 Å². The standard InChI is InChI=1S/C14H20N2O2/c1-4-18-14(17)12-5-6-13(15-8-12)16-9-10(2)7-11(16)3/h5-6,8,10-11H,4,7,9H2,1-3H3. The van der Waals surface area contributed by atoms with Crippen molar-refractivity contribution in [2.45, 2.75) is 33.2 Å². The van der Waals surface area contributed by atoms with Crippen molar-refractivity contribution in [1.82, 2.24) is 4.98 Å². The fraction of sp³-hybridized carbons (Fsp3) is 0.571. The third-order valence-electron chi connectivity index (χ3n) is 3.34. The fourth-order valence-electron chi connectivity index (χ4n) is 2.51. The molecule has 1 aromatic rings. The van der Waals surface area contributed by atoms with E-state index < -0.39 is 0 Å². The molecular formula is C14H20N2O2. The molecule has 2 rings (SSSR count). The van der Waals surface area contributed by atoms with Crippen molar-refractivity contribution in [2.24, 2.45) is 5.92 Å². The predicted molar refractivity (Wildman–Crippen MR) is 70.8 cm³/mol. The molecule has 0 amide bonds. The van der Waals surface area contributed by atoms with Crippen LogP contribution in [0.3, 0.4) is 0 Å². The van der Waals surface area contributed by atoms with Gasteiger partial charge in [0.05, 0.1) is 12.2 Å². The molecule has 0 bridgehead atoms. The number of aromatic nitrogens is 1. The van der Waals surface area contributed by atoms with E-state index in [1.165, 1.54) is 6.42 Å². The SMILES string of the molecule is CCOC(=O)c1ccc(N2CC(C)CC2C)nc1. The zero-order chi connectivity index (χ0) is 13.1. The van der Waals surface area contributed by atoms with Crippen LogP contribution in [0.2, 0.25) is 0 Å². The molecule has 2 heterocycles. The van der Waals surface area contributed by atoms with Gasteiger partial charge in [0.2, 0.25) is 0 Å². The molecule has 0 spiro atoms. The van der Waals surface area contributed by atoms with Crippen LogP contribution in [0.15, 0.2) is 18.3 Å². The van der Waals surface area contributed by atoms with E-state index in [-0.39, 0.29) is 5.97 Å². The lowest BCUT2D eigenvalue weighted by Gasteiger charge is -2.22. The van der Waals surface area contributed by atoms with Crippen LogP contribution in [0.5, 0.6) is 0 Å². The highest BCUT2D eigenvalue weighted by molar-refractivity contribution is 5.89. The van der Waals surface area contributed by atoms with Crippen molar-refractivity contribution in [1.29, 1.82) is 0 Å². The number of anilines is 1. The van der Waals surface area contributed by atoms with E-state index in [0.29, 0.717) is 24.1 Å². The van der Waals surface area contributed by atoms with Crippen LogP contribution in [0.4, 0.5) is 5.82 Å². The van der Waals surface area contributed by atoms with Crippen LogP contribution in [-0.2, 0) is 4.74 Å². The zero-order valence-electron chi connectivity index (χ0n) is 11.2. The van der Waals surface area contributed by atoms with E-state index >= 15 is 0 Å². The zero-order valence-corrected chi connectivity index (χ0v) is 11.2. The van der Waals surface area contributed by atoms with E-state index in [4.69, 9.17) is 4.74 Å². The summed E-state index contributed by atoms with van der Waals surface area (Å²) < 4.78 is 4.94. The maximum absolute atomic E-state index is 11.5. The molecule has 2 atom stereocenters. The largest absolute Gasteiger partial charge is 0.462 e. The first kappa shape index (κ1) is 12.9. The molecule has 4 heteroatoms. The van der Waals surface area contributed by atoms with Crippen molar-refractivity contribution in [3.05, 3.63) is 23.9 Å². The van der Waals surface area contributed by atoms with Gasteiger partial charge in [0.25, 0.3) is 0 Å². The molecular weight excluding hydrogens is 228 g/mol. The monoisotopic (exact) mass is 248 g/mol. The average Bonchev–Trinajstić information content (AvgIpc) is 2.69. The van der Waals surface area contributed by atoms with Crippen LogP contribution in [0.1, 0.15) is 37.6 Å². The highest BCUT2D eigenvalue weighted by Crippen LogP contribution is 2.27. The summed E-state index contributed by atoms with van der Waals surface area (Å²) in [4.78, 5) is 18.2. The lowest BCUT2D eigenvalue weighted by atomic mass is 10.1. The maximum atomic E-state index is 11.5. The van der Waals surface area contributed by atoms with Gasteiger partial charge in [0.15, 0.2) is 0 Å². The topological polar surface area (TPSA) is 42.4 Å². The normalized spacial score (nSPS) is 23.2. The minimum absolute atomic E-state index is 0.306. The Balaban J connectivity index is 2.10. The molecule has 2 unspecified atom stereocenters. The second-order valence-corrected chi connectivity index (χ2v) is 4.97. The number of carbonyl (C=O) groups is 1. The molecule has 0 aromatic carbocycles. The van der Waals surface area contributed by atoms with Gasteiger partial charge in [-0.1, -0.05) is 6.92 Å². The molecule has 4 nitrogen and oxygen atoms in total. The second kappa shape index (κ2) is 5.38. The smallest absolute Gasteiger partial charge is 0.339 e. The average molecular weight is 248 g/mol. The molecule has 18 heavy (non-hydrogen) atoms. The van der Waals surface area contributed by atoms with Gasteiger partial charge in [-0.2, -0.15) is 0 Å². The van der Waals surface area contributed by atoms with Crippen LogP contribution >= 0.6 is 0 Å². The van der Waals surface area contributed by atoms with Crippen LogP contribution in [0, 0.1) is 5.92 Å². The summed E-state index contributed by atoms with van der Waals surface area (Å²) >= 11 is 0. The van der Waals surface area contributed by atoms with Gasteiger partial charge in [-0.15, -0.1) is 0 Å². The first-order valence-corrected chi connectivity index (χ1v) is 6.51. The van der Waals surface area contributed by atoms with E-state index in [1.807, 2.05) is 6.07 Å². The van der Waals surface area contributed by atoms with E-state index in [2.05, 4.69) is 23.7 Å². The number of hydrogen-bond donors (Lipinski definition) is 0.